The molecule has 2 aromatic rings. The second-order valence-electron chi connectivity index (χ2n) is 3.98. The molecule has 17 heavy (non-hydrogen) atoms. The minimum Gasteiger partial charge on any atom is -0.289 e. The highest BCUT2D eigenvalue weighted by Crippen LogP contribution is 2.19. The van der Waals surface area contributed by atoms with Gasteiger partial charge in [0, 0.05) is 28.0 Å². The molecule has 0 N–H and O–H groups in total. The summed E-state index contributed by atoms with van der Waals surface area (Å²) in [6.45, 7) is 3.85. The van der Waals surface area contributed by atoms with E-state index < -0.39 is 0 Å². The Morgan fingerprint density at radius 1 is 1.12 bits per heavy atom. The Bertz CT molecular complexity index is 578. The van der Waals surface area contributed by atoms with Gasteiger partial charge in [-0.3, -0.25) is 9.78 Å². The molecule has 0 fully saturated rings. The zero-order chi connectivity index (χ0) is 12.4. The highest BCUT2D eigenvalue weighted by atomic mass is 79.9. The molecular weight excluding hydrogens is 278 g/mol. The third-order valence-electron chi connectivity index (χ3n) is 2.72. The SMILES string of the molecule is Cc1cc(Br)ccc1C(=O)c1cnccc1C. The molecule has 2 rings (SSSR count). The summed E-state index contributed by atoms with van der Waals surface area (Å²) in [6, 6.07) is 7.51. The molecule has 0 unspecified atom stereocenters. The molecular formula is C14H12BrNO. The molecule has 0 aliphatic rings. The number of halogens is 1. The molecule has 0 amide bonds. The van der Waals surface area contributed by atoms with Crippen LogP contribution in [-0.2, 0) is 0 Å². The Kier molecular flexibility index (Phi) is 3.38. The Labute approximate surface area is 109 Å². The Hall–Kier alpha value is -1.48. The van der Waals surface area contributed by atoms with Gasteiger partial charge in [0.1, 0.15) is 0 Å². The van der Waals surface area contributed by atoms with Gasteiger partial charge < -0.3 is 0 Å². The average molecular weight is 290 g/mol. The van der Waals surface area contributed by atoms with Crippen LogP contribution >= 0.6 is 15.9 Å². The van der Waals surface area contributed by atoms with Gasteiger partial charge in [-0.15, -0.1) is 0 Å². The molecule has 1 heterocycles. The first-order valence-electron chi connectivity index (χ1n) is 5.31. The summed E-state index contributed by atoms with van der Waals surface area (Å²) >= 11 is 3.39. The maximum absolute atomic E-state index is 12.3. The minimum atomic E-state index is 0.0283. The number of carbonyl (C=O) groups is 1. The van der Waals surface area contributed by atoms with Crippen molar-refractivity contribution in [2.45, 2.75) is 13.8 Å². The van der Waals surface area contributed by atoms with E-state index in [0.717, 1.165) is 21.2 Å². The molecule has 86 valence electrons. The number of aryl methyl sites for hydroxylation is 2. The van der Waals surface area contributed by atoms with E-state index in [0.29, 0.717) is 5.56 Å². The number of hydrogen-bond donors (Lipinski definition) is 0. The lowest BCUT2D eigenvalue weighted by Gasteiger charge is -2.07. The van der Waals surface area contributed by atoms with Crippen molar-refractivity contribution in [2.75, 3.05) is 0 Å². The Morgan fingerprint density at radius 3 is 2.53 bits per heavy atom. The van der Waals surface area contributed by atoms with Crippen LogP contribution in [0, 0.1) is 13.8 Å². The van der Waals surface area contributed by atoms with Crippen molar-refractivity contribution in [3.8, 4) is 0 Å². The number of benzene rings is 1. The quantitative estimate of drug-likeness (QED) is 0.789. The fourth-order valence-electron chi connectivity index (χ4n) is 1.73. The van der Waals surface area contributed by atoms with Crippen LogP contribution in [0.2, 0.25) is 0 Å². The molecule has 1 aromatic heterocycles. The maximum atomic E-state index is 12.3. The van der Waals surface area contributed by atoms with Crippen molar-refractivity contribution in [2.24, 2.45) is 0 Å². The zero-order valence-corrected chi connectivity index (χ0v) is 11.3. The fourth-order valence-corrected chi connectivity index (χ4v) is 2.20. The molecule has 0 aliphatic heterocycles. The standard InChI is InChI=1S/C14H12BrNO/c1-9-5-6-16-8-13(9)14(17)12-4-3-11(15)7-10(12)2/h3-8H,1-2H3. The second-order valence-corrected chi connectivity index (χ2v) is 4.89. The van der Waals surface area contributed by atoms with Gasteiger partial charge in [0.15, 0.2) is 5.78 Å². The molecule has 0 bridgehead atoms. The number of aromatic nitrogens is 1. The fraction of sp³-hybridized carbons (Fsp3) is 0.143. The molecule has 0 radical (unpaired) electrons. The van der Waals surface area contributed by atoms with Crippen molar-refractivity contribution < 1.29 is 4.79 Å². The van der Waals surface area contributed by atoms with E-state index in [4.69, 9.17) is 0 Å². The van der Waals surface area contributed by atoms with Crippen molar-refractivity contribution in [3.63, 3.8) is 0 Å². The second kappa shape index (κ2) is 4.80. The minimum absolute atomic E-state index is 0.0283. The summed E-state index contributed by atoms with van der Waals surface area (Å²) in [5.74, 6) is 0.0283. The molecule has 0 spiro atoms. The van der Waals surface area contributed by atoms with Crippen LogP contribution in [-0.4, -0.2) is 10.8 Å². The van der Waals surface area contributed by atoms with Gasteiger partial charge >= 0.3 is 0 Å². The van der Waals surface area contributed by atoms with E-state index in [9.17, 15) is 4.79 Å². The van der Waals surface area contributed by atoms with Crippen LogP contribution in [0.5, 0.6) is 0 Å². The first kappa shape index (κ1) is 12.0. The number of hydrogen-bond acceptors (Lipinski definition) is 2. The molecule has 2 nitrogen and oxygen atoms in total. The van der Waals surface area contributed by atoms with Gasteiger partial charge in [0.2, 0.25) is 0 Å². The van der Waals surface area contributed by atoms with Gasteiger partial charge in [0.05, 0.1) is 0 Å². The van der Waals surface area contributed by atoms with E-state index in [2.05, 4.69) is 20.9 Å². The van der Waals surface area contributed by atoms with Crippen LogP contribution in [0.1, 0.15) is 27.0 Å². The lowest BCUT2D eigenvalue weighted by atomic mass is 9.98. The normalized spacial score (nSPS) is 10.3. The summed E-state index contributed by atoms with van der Waals surface area (Å²) in [5, 5.41) is 0. The average Bonchev–Trinajstić information content (AvgIpc) is 2.29. The van der Waals surface area contributed by atoms with Crippen molar-refractivity contribution in [3.05, 3.63) is 63.4 Å². The highest BCUT2D eigenvalue weighted by Gasteiger charge is 2.13. The molecule has 0 saturated carbocycles. The van der Waals surface area contributed by atoms with E-state index >= 15 is 0 Å². The van der Waals surface area contributed by atoms with E-state index in [1.807, 2.05) is 38.1 Å². The molecule has 0 saturated heterocycles. The van der Waals surface area contributed by atoms with E-state index in [1.54, 1.807) is 12.4 Å². The Morgan fingerprint density at radius 2 is 1.88 bits per heavy atom. The van der Waals surface area contributed by atoms with Gasteiger partial charge in [-0.2, -0.15) is 0 Å². The number of rotatable bonds is 2. The predicted octanol–water partition coefficient (Wildman–Crippen LogP) is 3.69. The van der Waals surface area contributed by atoms with Gasteiger partial charge in [-0.05, 0) is 49.2 Å². The van der Waals surface area contributed by atoms with Crippen LogP contribution < -0.4 is 0 Å². The molecule has 0 atom stereocenters. The molecule has 1 aromatic carbocycles. The summed E-state index contributed by atoms with van der Waals surface area (Å²) in [4.78, 5) is 16.4. The third-order valence-corrected chi connectivity index (χ3v) is 3.21. The summed E-state index contributed by atoms with van der Waals surface area (Å²) in [7, 11) is 0. The first-order valence-corrected chi connectivity index (χ1v) is 6.10. The van der Waals surface area contributed by atoms with Crippen LogP contribution in [0.15, 0.2) is 41.1 Å². The van der Waals surface area contributed by atoms with Crippen molar-refractivity contribution in [1.29, 1.82) is 0 Å². The van der Waals surface area contributed by atoms with Gasteiger partial charge in [0.25, 0.3) is 0 Å². The lowest BCUT2D eigenvalue weighted by Crippen LogP contribution is -2.06. The number of ketones is 1. The predicted molar refractivity (Wildman–Crippen MR) is 71.3 cm³/mol. The van der Waals surface area contributed by atoms with Gasteiger partial charge in [-0.25, -0.2) is 0 Å². The number of carbonyl (C=O) groups excluding carboxylic acids is 1. The maximum Gasteiger partial charge on any atom is 0.195 e. The summed E-state index contributed by atoms with van der Waals surface area (Å²) in [5.41, 5.74) is 3.31. The summed E-state index contributed by atoms with van der Waals surface area (Å²) < 4.78 is 0.981. The highest BCUT2D eigenvalue weighted by molar-refractivity contribution is 9.10. The van der Waals surface area contributed by atoms with E-state index in [1.165, 1.54) is 0 Å². The molecule has 0 aliphatic carbocycles. The Balaban J connectivity index is 2.48. The van der Waals surface area contributed by atoms with Crippen LogP contribution in [0.3, 0.4) is 0 Å². The first-order chi connectivity index (χ1) is 8.09. The van der Waals surface area contributed by atoms with E-state index in [-0.39, 0.29) is 5.78 Å². The lowest BCUT2D eigenvalue weighted by molar-refractivity contribution is 0.103. The monoisotopic (exact) mass is 289 g/mol. The van der Waals surface area contributed by atoms with Crippen molar-refractivity contribution in [1.82, 2.24) is 4.98 Å². The third kappa shape index (κ3) is 2.44. The zero-order valence-electron chi connectivity index (χ0n) is 9.70. The summed E-state index contributed by atoms with van der Waals surface area (Å²) in [6.07, 6.45) is 3.32. The topological polar surface area (TPSA) is 30.0 Å². The smallest absolute Gasteiger partial charge is 0.195 e. The van der Waals surface area contributed by atoms with Crippen molar-refractivity contribution >= 4 is 21.7 Å². The molecule has 3 heteroatoms. The van der Waals surface area contributed by atoms with Crippen LogP contribution in [0.4, 0.5) is 0 Å². The number of nitrogens with zero attached hydrogens (tertiary/aromatic N) is 1. The van der Waals surface area contributed by atoms with Crippen LogP contribution in [0.25, 0.3) is 0 Å². The number of pyridine rings is 1. The van der Waals surface area contributed by atoms with Gasteiger partial charge in [-0.1, -0.05) is 15.9 Å². The largest absolute Gasteiger partial charge is 0.289 e.